The molecule has 0 aromatic carbocycles. The molecule has 0 radical (unpaired) electrons. The molecule has 0 fully saturated rings. The highest BCUT2D eigenvalue weighted by molar-refractivity contribution is 7.84. The van der Waals surface area contributed by atoms with Crippen LogP contribution < -0.4 is 4.57 Å². The molecule has 1 aromatic heterocycles. The Kier molecular flexibility index (Phi) is 11.6. The maximum Gasteiger partial charge on any atom is 0.241 e. The lowest BCUT2D eigenvalue weighted by molar-refractivity contribution is -0.670. The van der Waals surface area contributed by atoms with Gasteiger partial charge in [0.2, 0.25) is 6.33 Å². The molecular weight excluding hydrogens is 232 g/mol. The predicted octanol–water partition coefficient (Wildman–Crippen LogP) is 0.0434. The first kappa shape index (κ1) is 17.5. The van der Waals surface area contributed by atoms with Crippen molar-refractivity contribution in [2.24, 2.45) is 7.05 Å². The second-order valence-corrected chi connectivity index (χ2v) is 4.17. The number of rotatable bonds is 2. The highest BCUT2D eigenvalue weighted by atomic mass is 32.2. The van der Waals surface area contributed by atoms with Gasteiger partial charge in [-0.3, -0.25) is 4.98 Å². The molecule has 1 heterocycles. The molecule has 0 amide bonds. The number of hydrogen-bond acceptors (Lipinski definition) is 4. The smallest absolute Gasteiger partial charge is 0.241 e. The number of nitrogens with one attached hydrogen (secondary N) is 1. The van der Waals surface area contributed by atoms with Gasteiger partial charge < -0.3 is 9.29 Å². The lowest BCUT2D eigenvalue weighted by Gasteiger charge is -1.90. The monoisotopic (exact) mass is 252 g/mol. The summed E-state index contributed by atoms with van der Waals surface area (Å²) < 4.78 is 34.0. The first-order valence-corrected chi connectivity index (χ1v) is 6.59. The van der Waals surface area contributed by atoms with E-state index in [2.05, 4.69) is 4.98 Å². The van der Waals surface area contributed by atoms with Gasteiger partial charge in [-0.05, 0) is 13.8 Å². The van der Waals surface area contributed by atoms with Crippen molar-refractivity contribution in [3.63, 3.8) is 0 Å². The minimum Gasteiger partial charge on any atom is -0.748 e. The maximum absolute atomic E-state index is 9.08. The van der Waals surface area contributed by atoms with Crippen LogP contribution in [0.5, 0.6) is 0 Å². The van der Waals surface area contributed by atoms with E-state index in [4.69, 9.17) is 17.7 Å². The van der Waals surface area contributed by atoms with Crippen molar-refractivity contribution in [1.29, 1.82) is 0 Å². The van der Waals surface area contributed by atoms with E-state index in [1.54, 1.807) is 0 Å². The quantitative estimate of drug-likeness (QED) is 0.595. The molecule has 1 N–H and O–H groups in total. The van der Waals surface area contributed by atoms with Crippen molar-refractivity contribution < 1.29 is 22.3 Å². The van der Waals surface area contributed by atoms with Gasteiger partial charge >= 0.3 is 0 Å². The summed E-state index contributed by atoms with van der Waals surface area (Å²) in [5, 5.41) is 0. The Morgan fingerprint density at radius 3 is 1.88 bits per heavy atom. The van der Waals surface area contributed by atoms with E-state index in [0.717, 1.165) is 13.2 Å². The van der Waals surface area contributed by atoms with Crippen LogP contribution in [0.25, 0.3) is 0 Å². The summed E-state index contributed by atoms with van der Waals surface area (Å²) in [5.41, 5.74) is 0. The van der Waals surface area contributed by atoms with Gasteiger partial charge in [0.05, 0.1) is 17.2 Å². The highest BCUT2D eigenvalue weighted by Crippen LogP contribution is 1.64. The molecule has 1 aromatic rings. The van der Waals surface area contributed by atoms with Crippen molar-refractivity contribution in [3.8, 4) is 0 Å². The predicted molar refractivity (Wildman–Crippen MR) is 59.8 cm³/mol. The van der Waals surface area contributed by atoms with Crippen molar-refractivity contribution in [3.05, 3.63) is 18.7 Å². The van der Waals surface area contributed by atoms with Crippen molar-refractivity contribution in [2.45, 2.75) is 13.8 Å². The Morgan fingerprint density at radius 2 is 1.81 bits per heavy atom. The normalized spacial score (nSPS) is 9.56. The van der Waals surface area contributed by atoms with Gasteiger partial charge in [-0.15, -0.1) is 0 Å². The Hall–Kier alpha value is -0.920. The first-order valence-electron chi connectivity index (χ1n) is 4.77. The molecule has 0 unspecified atom stereocenters. The van der Waals surface area contributed by atoms with Crippen molar-refractivity contribution in [1.82, 2.24) is 4.98 Å². The molecule has 0 bridgehead atoms. The fourth-order valence-corrected chi connectivity index (χ4v) is 0.568. The fraction of sp³-hybridized carbons (Fsp3) is 0.667. The van der Waals surface area contributed by atoms with E-state index >= 15 is 0 Å². The number of imidazole rings is 1. The largest absolute Gasteiger partial charge is 0.748 e. The molecule has 7 heteroatoms. The molecule has 1 rings (SSSR count). The summed E-state index contributed by atoms with van der Waals surface area (Å²) >= 11 is 0. The van der Waals surface area contributed by atoms with E-state index < -0.39 is 10.1 Å². The molecule has 0 spiro atoms. The maximum atomic E-state index is 9.08. The molecule has 0 atom stereocenters. The zero-order valence-electron chi connectivity index (χ0n) is 10.1. The molecule has 0 saturated carbocycles. The summed E-state index contributed by atoms with van der Waals surface area (Å²) in [4.78, 5) is 2.89. The lowest BCUT2D eigenvalue weighted by atomic mass is 10.8. The molecule has 0 aliphatic rings. The standard InChI is InChI=1S/C4H6N2.C4H10O.CH4O3S/c1-6-3-2-5-4-6;1-3-5-4-2;1-5(2,3)4/h2-4H,1H3;3-4H2,1-2H3;1H3,(H,2,3,4). The average Bonchev–Trinajstić information content (AvgIpc) is 2.55. The summed E-state index contributed by atoms with van der Waals surface area (Å²) in [5.74, 6) is 0. The third kappa shape index (κ3) is 29.2. The molecule has 16 heavy (non-hydrogen) atoms. The van der Waals surface area contributed by atoms with E-state index in [1.165, 1.54) is 0 Å². The van der Waals surface area contributed by atoms with E-state index in [0.29, 0.717) is 6.26 Å². The number of aromatic amines is 1. The van der Waals surface area contributed by atoms with E-state index in [9.17, 15) is 0 Å². The second-order valence-electron chi connectivity index (χ2n) is 2.76. The first-order chi connectivity index (χ1) is 7.31. The number of ether oxygens (including phenoxy) is 1. The van der Waals surface area contributed by atoms with Crippen LogP contribution in [0.15, 0.2) is 18.7 Å². The van der Waals surface area contributed by atoms with Crippen molar-refractivity contribution >= 4 is 10.1 Å². The number of H-pyrrole nitrogens is 1. The molecule has 96 valence electrons. The minimum atomic E-state index is -3.92. The Morgan fingerprint density at radius 1 is 1.38 bits per heavy atom. The third-order valence-electron chi connectivity index (χ3n) is 1.09. The topological polar surface area (TPSA) is 86.1 Å². The SMILES string of the molecule is CCOCC.CS(=O)(=O)[O-].C[n+]1cc[nH]c1. The molecule has 0 aliphatic carbocycles. The molecule has 6 nitrogen and oxygen atoms in total. The molecule has 0 saturated heterocycles. The van der Waals surface area contributed by atoms with Gasteiger partial charge in [0, 0.05) is 19.5 Å². The Bertz CT molecular complexity index is 311. The Labute approximate surface area is 97.0 Å². The van der Waals surface area contributed by atoms with Crippen LogP contribution in [0.1, 0.15) is 13.8 Å². The van der Waals surface area contributed by atoms with Gasteiger partial charge in [-0.25, -0.2) is 13.0 Å². The minimum absolute atomic E-state index is 0.604. The van der Waals surface area contributed by atoms with Gasteiger partial charge in [-0.2, -0.15) is 0 Å². The number of hydrogen-bond donors (Lipinski definition) is 1. The van der Waals surface area contributed by atoms with Gasteiger partial charge in [0.25, 0.3) is 0 Å². The van der Waals surface area contributed by atoms with Gasteiger partial charge in [0.15, 0.2) is 0 Å². The molecular formula is C9H20N2O4S. The number of nitrogens with zero attached hydrogens (tertiary/aromatic N) is 1. The van der Waals surface area contributed by atoms with E-state index in [-0.39, 0.29) is 0 Å². The zero-order chi connectivity index (χ0) is 13.0. The third-order valence-corrected chi connectivity index (χ3v) is 1.09. The van der Waals surface area contributed by atoms with Crippen molar-refractivity contribution in [2.75, 3.05) is 19.5 Å². The fourth-order valence-electron chi connectivity index (χ4n) is 0.568. The Balaban J connectivity index is 0. The summed E-state index contributed by atoms with van der Waals surface area (Å²) in [7, 11) is -1.95. The van der Waals surface area contributed by atoms with Crippen LogP contribution in [0.2, 0.25) is 0 Å². The van der Waals surface area contributed by atoms with Crippen LogP contribution in [-0.4, -0.2) is 37.4 Å². The van der Waals surface area contributed by atoms with Crippen LogP contribution in [0.3, 0.4) is 0 Å². The van der Waals surface area contributed by atoms with Crippen LogP contribution in [0.4, 0.5) is 0 Å². The molecule has 0 aliphatic heterocycles. The van der Waals surface area contributed by atoms with Gasteiger partial charge in [0.1, 0.15) is 12.4 Å². The lowest BCUT2D eigenvalue weighted by Crippen LogP contribution is -2.22. The van der Waals surface area contributed by atoms with Crippen LogP contribution in [0, 0.1) is 0 Å². The second kappa shape index (κ2) is 10.6. The zero-order valence-corrected chi connectivity index (χ0v) is 11.0. The summed E-state index contributed by atoms with van der Waals surface area (Å²) in [6, 6.07) is 0. The number of aryl methyl sites for hydroxylation is 1. The highest BCUT2D eigenvalue weighted by Gasteiger charge is 1.78. The average molecular weight is 252 g/mol. The van der Waals surface area contributed by atoms with Gasteiger partial charge in [-0.1, -0.05) is 0 Å². The summed E-state index contributed by atoms with van der Waals surface area (Å²) in [6.45, 7) is 5.67. The summed E-state index contributed by atoms with van der Waals surface area (Å²) in [6.07, 6.45) is 6.30. The van der Waals surface area contributed by atoms with Crippen LogP contribution >= 0.6 is 0 Å². The number of aromatic nitrogens is 2. The van der Waals surface area contributed by atoms with Crippen LogP contribution in [-0.2, 0) is 21.9 Å². The van der Waals surface area contributed by atoms with E-state index in [1.807, 2.05) is 44.2 Å².